The van der Waals surface area contributed by atoms with Crippen molar-refractivity contribution in [3.63, 3.8) is 0 Å². The molecule has 0 heterocycles. The van der Waals surface area contributed by atoms with Crippen molar-refractivity contribution < 1.29 is 13.6 Å². The van der Waals surface area contributed by atoms with Crippen LogP contribution in [0.3, 0.4) is 0 Å². The first-order chi connectivity index (χ1) is 9.56. The highest BCUT2D eigenvalue weighted by Crippen LogP contribution is 2.16. The molecule has 2 rings (SSSR count). The van der Waals surface area contributed by atoms with Crippen LogP contribution in [-0.4, -0.2) is 5.91 Å². The molecule has 1 amide bonds. The van der Waals surface area contributed by atoms with Crippen molar-refractivity contribution in [2.75, 3.05) is 0 Å². The standard InChI is InChI=1S/C15H12BrF2NO/c16-12-5-6-14(18)11(7-12)8-15(20)19-9-10-3-1-2-4-13(10)17/h1-7H,8-9H2,(H,19,20). The third-order valence-corrected chi connectivity index (χ3v) is 3.29. The lowest BCUT2D eigenvalue weighted by atomic mass is 10.1. The van der Waals surface area contributed by atoms with E-state index in [0.29, 0.717) is 15.6 Å². The predicted octanol–water partition coefficient (Wildman–Crippen LogP) is 3.59. The summed E-state index contributed by atoms with van der Waals surface area (Å²) in [5, 5.41) is 2.57. The first kappa shape index (κ1) is 14.7. The van der Waals surface area contributed by atoms with Crippen LogP contribution in [0.5, 0.6) is 0 Å². The van der Waals surface area contributed by atoms with Gasteiger partial charge in [0.1, 0.15) is 11.6 Å². The zero-order chi connectivity index (χ0) is 14.5. The van der Waals surface area contributed by atoms with Crippen LogP contribution in [0.25, 0.3) is 0 Å². The maximum atomic E-state index is 13.5. The molecule has 0 radical (unpaired) electrons. The molecule has 0 bridgehead atoms. The second-order valence-electron chi connectivity index (χ2n) is 4.28. The van der Waals surface area contributed by atoms with Gasteiger partial charge in [-0.2, -0.15) is 0 Å². The molecule has 2 nitrogen and oxygen atoms in total. The Balaban J connectivity index is 1.96. The average molecular weight is 340 g/mol. The number of rotatable bonds is 4. The molecule has 20 heavy (non-hydrogen) atoms. The van der Waals surface area contributed by atoms with E-state index >= 15 is 0 Å². The van der Waals surface area contributed by atoms with Gasteiger partial charge in [0.25, 0.3) is 0 Å². The summed E-state index contributed by atoms with van der Waals surface area (Å²) in [5.41, 5.74) is 0.695. The molecule has 0 aliphatic heterocycles. The minimum Gasteiger partial charge on any atom is -0.352 e. The zero-order valence-electron chi connectivity index (χ0n) is 10.5. The summed E-state index contributed by atoms with van der Waals surface area (Å²) in [6.07, 6.45) is -0.0836. The number of carbonyl (C=O) groups is 1. The lowest BCUT2D eigenvalue weighted by Crippen LogP contribution is -2.25. The van der Waals surface area contributed by atoms with E-state index in [1.165, 1.54) is 12.1 Å². The van der Waals surface area contributed by atoms with Crippen molar-refractivity contribution in [1.29, 1.82) is 0 Å². The third-order valence-electron chi connectivity index (χ3n) is 2.79. The smallest absolute Gasteiger partial charge is 0.224 e. The Hall–Kier alpha value is -1.75. The van der Waals surface area contributed by atoms with Crippen LogP contribution in [0.2, 0.25) is 0 Å². The lowest BCUT2D eigenvalue weighted by molar-refractivity contribution is -0.120. The van der Waals surface area contributed by atoms with E-state index in [1.54, 1.807) is 30.3 Å². The summed E-state index contributed by atoms with van der Waals surface area (Å²) in [6, 6.07) is 10.6. The van der Waals surface area contributed by atoms with Crippen LogP contribution in [0.1, 0.15) is 11.1 Å². The van der Waals surface area contributed by atoms with E-state index in [-0.39, 0.29) is 24.7 Å². The Morgan fingerprint density at radius 2 is 1.75 bits per heavy atom. The van der Waals surface area contributed by atoms with Crippen molar-refractivity contribution in [2.24, 2.45) is 0 Å². The van der Waals surface area contributed by atoms with Gasteiger partial charge >= 0.3 is 0 Å². The van der Waals surface area contributed by atoms with Gasteiger partial charge in [-0.05, 0) is 29.8 Å². The van der Waals surface area contributed by atoms with Crippen molar-refractivity contribution in [3.8, 4) is 0 Å². The van der Waals surface area contributed by atoms with Gasteiger partial charge in [0.2, 0.25) is 5.91 Å². The quantitative estimate of drug-likeness (QED) is 0.906. The average Bonchev–Trinajstić information content (AvgIpc) is 2.42. The first-order valence-corrected chi connectivity index (χ1v) is 6.79. The zero-order valence-corrected chi connectivity index (χ0v) is 12.1. The highest BCUT2D eigenvalue weighted by molar-refractivity contribution is 9.10. The van der Waals surface area contributed by atoms with Gasteiger partial charge in [-0.15, -0.1) is 0 Å². The monoisotopic (exact) mass is 339 g/mol. The molecule has 2 aromatic carbocycles. The van der Waals surface area contributed by atoms with Crippen molar-refractivity contribution in [1.82, 2.24) is 5.32 Å². The van der Waals surface area contributed by atoms with Crippen molar-refractivity contribution >= 4 is 21.8 Å². The second-order valence-corrected chi connectivity index (χ2v) is 5.20. The molecule has 0 fully saturated rings. The van der Waals surface area contributed by atoms with Crippen LogP contribution < -0.4 is 5.32 Å². The third kappa shape index (κ3) is 3.87. The van der Waals surface area contributed by atoms with Gasteiger partial charge in [-0.25, -0.2) is 8.78 Å². The summed E-state index contributed by atoms with van der Waals surface area (Å²) in [5.74, 6) is -1.17. The minimum atomic E-state index is -0.436. The fraction of sp³-hybridized carbons (Fsp3) is 0.133. The fourth-order valence-electron chi connectivity index (χ4n) is 1.75. The molecule has 0 aliphatic rings. The molecule has 5 heteroatoms. The number of halogens is 3. The van der Waals surface area contributed by atoms with Crippen LogP contribution in [0.4, 0.5) is 8.78 Å². The molecule has 0 saturated carbocycles. The Bertz CT molecular complexity index is 631. The first-order valence-electron chi connectivity index (χ1n) is 6.00. The van der Waals surface area contributed by atoms with Crippen LogP contribution >= 0.6 is 15.9 Å². The molecule has 1 N–H and O–H groups in total. The number of benzene rings is 2. The van der Waals surface area contributed by atoms with Gasteiger partial charge in [-0.3, -0.25) is 4.79 Å². The summed E-state index contributed by atoms with van der Waals surface area (Å²) in [7, 11) is 0. The van der Waals surface area contributed by atoms with Crippen molar-refractivity contribution in [3.05, 3.63) is 69.7 Å². The Kier molecular flexibility index (Phi) is 4.84. The predicted molar refractivity (Wildman–Crippen MR) is 76.1 cm³/mol. The molecular weight excluding hydrogens is 328 g/mol. The molecule has 0 aliphatic carbocycles. The van der Waals surface area contributed by atoms with Crippen LogP contribution in [0, 0.1) is 11.6 Å². The van der Waals surface area contributed by atoms with E-state index in [1.807, 2.05) is 0 Å². The number of hydrogen-bond donors (Lipinski definition) is 1. The van der Waals surface area contributed by atoms with Gasteiger partial charge in [0, 0.05) is 16.6 Å². The lowest BCUT2D eigenvalue weighted by Gasteiger charge is -2.07. The summed E-state index contributed by atoms with van der Waals surface area (Å²) in [6.45, 7) is 0.0845. The molecule has 0 spiro atoms. The number of nitrogens with one attached hydrogen (secondary N) is 1. The molecular formula is C15H12BrF2NO. The molecule has 0 saturated heterocycles. The second kappa shape index (κ2) is 6.61. The van der Waals surface area contributed by atoms with Crippen molar-refractivity contribution in [2.45, 2.75) is 13.0 Å². The molecule has 0 atom stereocenters. The topological polar surface area (TPSA) is 29.1 Å². The Labute approximate surface area is 123 Å². The number of hydrogen-bond acceptors (Lipinski definition) is 1. The summed E-state index contributed by atoms with van der Waals surface area (Å²) < 4.78 is 27.6. The summed E-state index contributed by atoms with van der Waals surface area (Å²) >= 11 is 3.22. The van der Waals surface area contributed by atoms with E-state index < -0.39 is 5.82 Å². The summed E-state index contributed by atoms with van der Waals surface area (Å²) in [4.78, 5) is 11.7. The maximum absolute atomic E-state index is 13.5. The molecule has 104 valence electrons. The van der Waals surface area contributed by atoms with Gasteiger partial charge in [-0.1, -0.05) is 34.1 Å². The van der Waals surface area contributed by atoms with Crippen LogP contribution in [0.15, 0.2) is 46.9 Å². The van der Waals surface area contributed by atoms with E-state index in [9.17, 15) is 13.6 Å². The molecule has 2 aromatic rings. The van der Waals surface area contributed by atoms with E-state index in [0.717, 1.165) is 0 Å². The minimum absolute atomic E-state index is 0.0836. The number of amides is 1. The highest BCUT2D eigenvalue weighted by Gasteiger charge is 2.09. The van der Waals surface area contributed by atoms with Crippen LogP contribution in [-0.2, 0) is 17.8 Å². The normalized spacial score (nSPS) is 10.3. The van der Waals surface area contributed by atoms with E-state index in [4.69, 9.17) is 0 Å². The van der Waals surface area contributed by atoms with Gasteiger partial charge in [0.15, 0.2) is 0 Å². The van der Waals surface area contributed by atoms with Gasteiger partial charge < -0.3 is 5.32 Å². The van der Waals surface area contributed by atoms with Gasteiger partial charge in [0.05, 0.1) is 6.42 Å². The molecule has 0 unspecified atom stereocenters. The fourth-order valence-corrected chi connectivity index (χ4v) is 2.16. The largest absolute Gasteiger partial charge is 0.352 e. The van der Waals surface area contributed by atoms with E-state index in [2.05, 4.69) is 21.2 Å². The SMILES string of the molecule is O=C(Cc1cc(Br)ccc1F)NCc1ccccc1F. The maximum Gasteiger partial charge on any atom is 0.224 e. The Morgan fingerprint density at radius 3 is 2.50 bits per heavy atom. The molecule has 0 aromatic heterocycles. The highest BCUT2D eigenvalue weighted by atomic mass is 79.9. The Morgan fingerprint density at radius 1 is 1.05 bits per heavy atom. The number of carbonyl (C=O) groups excluding carboxylic acids is 1.